The Hall–Kier alpha value is -1.96. The van der Waals surface area contributed by atoms with Gasteiger partial charge in [-0.2, -0.15) is 0 Å². The molecule has 16 heavy (non-hydrogen) atoms. The van der Waals surface area contributed by atoms with E-state index < -0.39 is 0 Å². The second-order valence-electron chi connectivity index (χ2n) is 4.13. The molecule has 3 rings (SSSR count). The molecule has 0 saturated carbocycles. The van der Waals surface area contributed by atoms with Crippen LogP contribution in [0.4, 0.5) is 0 Å². The summed E-state index contributed by atoms with van der Waals surface area (Å²) in [6.45, 7) is 0. The lowest BCUT2D eigenvalue weighted by Crippen LogP contribution is -2.06. The summed E-state index contributed by atoms with van der Waals surface area (Å²) in [4.78, 5) is 0. The molecular weight excluding hydrogens is 198 g/mol. The summed E-state index contributed by atoms with van der Waals surface area (Å²) in [5.74, 6) is 0.880. The molecule has 2 aromatic carbocycles. The Labute approximate surface area is 94.3 Å². The molecule has 2 nitrogen and oxygen atoms in total. The summed E-state index contributed by atoms with van der Waals surface area (Å²) in [7, 11) is 1.69. The van der Waals surface area contributed by atoms with Crippen LogP contribution < -0.4 is 10.5 Å². The van der Waals surface area contributed by atoms with E-state index in [1.165, 1.54) is 16.3 Å². The summed E-state index contributed by atoms with van der Waals surface area (Å²) in [6, 6.07) is 10.4. The number of ether oxygens (including phenoxy) is 1. The van der Waals surface area contributed by atoms with Gasteiger partial charge in [-0.3, -0.25) is 0 Å². The van der Waals surface area contributed by atoms with Gasteiger partial charge in [0, 0.05) is 12.1 Å². The molecule has 2 aromatic rings. The molecule has 2 N–H and O–H groups in total. The van der Waals surface area contributed by atoms with E-state index in [-0.39, 0.29) is 0 Å². The van der Waals surface area contributed by atoms with Crippen LogP contribution in [0.15, 0.2) is 36.0 Å². The van der Waals surface area contributed by atoms with E-state index >= 15 is 0 Å². The minimum atomic E-state index is 0.844. The first-order valence-electron chi connectivity index (χ1n) is 5.33. The van der Waals surface area contributed by atoms with Gasteiger partial charge in [-0.15, -0.1) is 0 Å². The lowest BCUT2D eigenvalue weighted by molar-refractivity contribution is 0.415. The lowest BCUT2D eigenvalue weighted by Gasteiger charge is -2.16. The molecule has 1 aliphatic carbocycles. The zero-order valence-corrected chi connectivity index (χ0v) is 9.16. The Morgan fingerprint density at radius 3 is 2.94 bits per heavy atom. The highest BCUT2D eigenvalue weighted by Crippen LogP contribution is 2.33. The predicted octanol–water partition coefficient (Wildman–Crippen LogP) is 2.70. The van der Waals surface area contributed by atoms with Gasteiger partial charge in [0.2, 0.25) is 0 Å². The van der Waals surface area contributed by atoms with Gasteiger partial charge in [0.1, 0.15) is 5.75 Å². The van der Waals surface area contributed by atoms with E-state index in [0.29, 0.717) is 0 Å². The molecule has 0 aromatic heterocycles. The Bertz CT molecular complexity index is 599. The first kappa shape index (κ1) is 9.28. The van der Waals surface area contributed by atoms with Crippen LogP contribution in [0.2, 0.25) is 0 Å². The Morgan fingerprint density at radius 2 is 2.12 bits per heavy atom. The number of methoxy groups -OCH3 is 1. The monoisotopic (exact) mass is 211 g/mol. The van der Waals surface area contributed by atoms with Gasteiger partial charge in [-0.1, -0.05) is 18.2 Å². The van der Waals surface area contributed by atoms with Crippen molar-refractivity contribution in [1.29, 1.82) is 0 Å². The zero-order chi connectivity index (χ0) is 11.1. The van der Waals surface area contributed by atoms with Gasteiger partial charge in [0.15, 0.2) is 0 Å². The zero-order valence-electron chi connectivity index (χ0n) is 9.16. The molecule has 0 atom stereocenters. The summed E-state index contributed by atoms with van der Waals surface area (Å²) in [5, 5.41) is 2.52. The number of benzene rings is 2. The van der Waals surface area contributed by atoms with Gasteiger partial charge in [0.25, 0.3) is 0 Å². The minimum Gasteiger partial charge on any atom is -0.497 e. The van der Waals surface area contributed by atoms with Gasteiger partial charge in [-0.05, 0) is 40.1 Å². The average Bonchev–Trinajstić information content (AvgIpc) is 2.28. The minimum absolute atomic E-state index is 0.844. The molecule has 1 aliphatic rings. The quantitative estimate of drug-likeness (QED) is 0.787. The van der Waals surface area contributed by atoms with Crippen molar-refractivity contribution in [1.82, 2.24) is 0 Å². The second-order valence-corrected chi connectivity index (χ2v) is 4.13. The molecule has 0 aliphatic heterocycles. The molecular formula is C14H13NO. The van der Waals surface area contributed by atoms with E-state index in [2.05, 4.69) is 24.3 Å². The lowest BCUT2D eigenvalue weighted by atomic mass is 9.91. The highest BCUT2D eigenvalue weighted by atomic mass is 16.5. The third kappa shape index (κ3) is 1.27. The van der Waals surface area contributed by atoms with Crippen LogP contribution in [-0.4, -0.2) is 7.11 Å². The van der Waals surface area contributed by atoms with Crippen LogP contribution in [0, 0.1) is 0 Å². The molecule has 0 amide bonds. The Morgan fingerprint density at radius 1 is 1.25 bits per heavy atom. The number of rotatable bonds is 1. The largest absolute Gasteiger partial charge is 0.497 e. The fourth-order valence-corrected chi connectivity index (χ4v) is 2.36. The fourth-order valence-electron chi connectivity index (χ4n) is 2.36. The molecule has 0 unspecified atom stereocenters. The maximum absolute atomic E-state index is 5.94. The van der Waals surface area contributed by atoms with Crippen molar-refractivity contribution in [2.24, 2.45) is 5.73 Å². The molecule has 80 valence electrons. The van der Waals surface area contributed by atoms with Gasteiger partial charge in [-0.25, -0.2) is 0 Å². The van der Waals surface area contributed by atoms with Crippen molar-refractivity contribution in [2.45, 2.75) is 6.42 Å². The van der Waals surface area contributed by atoms with Crippen LogP contribution in [-0.2, 0) is 6.42 Å². The Kier molecular flexibility index (Phi) is 1.90. The molecule has 2 heteroatoms. The SMILES string of the molecule is COc1cc2c3c(cccc3c1)CC(N)=C2. The van der Waals surface area contributed by atoms with E-state index in [1.807, 2.05) is 12.1 Å². The number of hydrogen-bond acceptors (Lipinski definition) is 2. The smallest absolute Gasteiger partial charge is 0.120 e. The molecule has 0 fully saturated rings. The summed E-state index contributed by atoms with van der Waals surface area (Å²) >= 11 is 0. The van der Waals surface area contributed by atoms with Crippen molar-refractivity contribution >= 4 is 16.8 Å². The highest BCUT2D eigenvalue weighted by molar-refractivity contribution is 5.96. The number of allylic oxidation sites excluding steroid dienone is 1. The third-order valence-electron chi connectivity index (χ3n) is 3.04. The van der Waals surface area contributed by atoms with Crippen molar-refractivity contribution in [3.05, 3.63) is 47.2 Å². The second kappa shape index (κ2) is 3.27. The van der Waals surface area contributed by atoms with Crippen LogP contribution >= 0.6 is 0 Å². The van der Waals surface area contributed by atoms with Crippen molar-refractivity contribution in [3.8, 4) is 5.75 Å². The van der Waals surface area contributed by atoms with Crippen molar-refractivity contribution < 1.29 is 4.74 Å². The number of nitrogens with two attached hydrogens (primary N) is 1. The molecule has 0 saturated heterocycles. The summed E-state index contributed by atoms with van der Waals surface area (Å²) in [6.07, 6.45) is 2.88. The van der Waals surface area contributed by atoms with E-state index in [0.717, 1.165) is 23.4 Å². The van der Waals surface area contributed by atoms with Crippen LogP contribution in [0.5, 0.6) is 5.75 Å². The van der Waals surface area contributed by atoms with Crippen LogP contribution in [0.3, 0.4) is 0 Å². The van der Waals surface area contributed by atoms with Crippen LogP contribution in [0.25, 0.3) is 16.8 Å². The first-order valence-corrected chi connectivity index (χ1v) is 5.33. The molecule has 0 spiro atoms. The average molecular weight is 211 g/mol. The van der Waals surface area contributed by atoms with E-state index in [1.54, 1.807) is 7.11 Å². The maximum Gasteiger partial charge on any atom is 0.120 e. The predicted molar refractivity (Wildman–Crippen MR) is 66.4 cm³/mol. The fraction of sp³-hybridized carbons (Fsp3) is 0.143. The first-order chi connectivity index (χ1) is 7.78. The summed E-state index contributed by atoms with van der Waals surface area (Å²) < 4.78 is 5.29. The maximum atomic E-state index is 5.94. The van der Waals surface area contributed by atoms with Crippen LogP contribution in [0.1, 0.15) is 11.1 Å². The third-order valence-corrected chi connectivity index (χ3v) is 3.04. The van der Waals surface area contributed by atoms with E-state index in [4.69, 9.17) is 10.5 Å². The summed E-state index contributed by atoms with van der Waals surface area (Å²) in [5.41, 5.74) is 9.31. The van der Waals surface area contributed by atoms with Crippen molar-refractivity contribution in [2.75, 3.05) is 7.11 Å². The van der Waals surface area contributed by atoms with Crippen molar-refractivity contribution in [3.63, 3.8) is 0 Å². The molecule has 0 bridgehead atoms. The Balaban J connectivity index is 2.42. The molecule has 0 heterocycles. The number of hydrogen-bond donors (Lipinski definition) is 1. The van der Waals surface area contributed by atoms with Gasteiger partial charge in [0.05, 0.1) is 7.11 Å². The van der Waals surface area contributed by atoms with Gasteiger partial charge < -0.3 is 10.5 Å². The van der Waals surface area contributed by atoms with E-state index in [9.17, 15) is 0 Å². The van der Waals surface area contributed by atoms with Gasteiger partial charge >= 0.3 is 0 Å². The normalized spacial score (nSPS) is 13.7. The topological polar surface area (TPSA) is 35.2 Å². The highest BCUT2D eigenvalue weighted by Gasteiger charge is 2.12. The molecule has 0 radical (unpaired) electrons. The standard InChI is InChI=1S/C14H13NO/c1-16-13-7-10-4-2-3-9-5-12(15)6-11(8-13)14(9)10/h2-4,6-8H,5,15H2,1H3.